The lowest BCUT2D eigenvalue weighted by Crippen LogP contribution is -2.02. The number of benzene rings is 2. The molecule has 4 nitrogen and oxygen atoms in total. The molecule has 94 valence electrons. The Bertz CT molecular complexity index is 775. The van der Waals surface area contributed by atoms with Gasteiger partial charge in [-0.1, -0.05) is 18.2 Å². The molecule has 0 saturated carbocycles. The molecule has 0 aliphatic carbocycles. The average molecular weight is 252 g/mol. The molecule has 0 radical (unpaired) electrons. The minimum atomic E-state index is -0.976. The second kappa shape index (κ2) is 4.17. The molecular weight excluding hydrogens is 240 g/mol. The van der Waals surface area contributed by atoms with Crippen LogP contribution in [0.15, 0.2) is 54.7 Å². The van der Waals surface area contributed by atoms with Crippen LogP contribution in [-0.2, 0) is 0 Å². The number of hydrogen-bond acceptors (Lipinski definition) is 2. The second-order valence-corrected chi connectivity index (χ2v) is 4.32. The molecular formula is C15H12N2O2. The first kappa shape index (κ1) is 11.3. The van der Waals surface area contributed by atoms with Crippen LogP contribution in [0.1, 0.15) is 10.4 Å². The first-order chi connectivity index (χ1) is 9.16. The summed E-state index contributed by atoms with van der Waals surface area (Å²) in [5.74, 6) is -0.976. The molecule has 0 aliphatic rings. The third kappa shape index (κ3) is 1.83. The lowest BCUT2D eigenvalue weighted by Gasteiger charge is -2.09. The molecule has 19 heavy (non-hydrogen) atoms. The van der Waals surface area contributed by atoms with Gasteiger partial charge in [-0.25, -0.2) is 4.79 Å². The largest absolute Gasteiger partial charge is 0.478 e. The van der Waals surface area contributed by atoms with Crippen molar-refractivity contribution in [3.05, 3.63) is 60.3 Å². The average Bonchev–Trinajstić information content (AvgIpc) is 2.82. The summed E-state index contributed by atoms with van der Waals surface area (Å²) in [6, 6.07) is 14.7. The van der Waals surface area contributed by atoms with Gasteiger partial charge in [-0.15, -0.1) is 0 Å². The fourth-order valence-corrected chi connectivity index (χ4v) is 2.20. The molecule has 0 saturated heterocycles. The topological polar surface area (TPSA) is 68.2 Å². The number of hydrogen-bond donors (Lipinski definition) is 2. The van der Waals surface area contributed by atoms with E-state index in [1.165, 1.54) is 6.07 Å². The Morgan fingerprint density at radius 1 is 1.11 bits per heavy atom. The van der Waals surface area contributed by atoms with Gasteiger partial charge in [0, 0.05) is 6.20 Å². The van der Waals surface area contributed by atoms with Gasteiger partial charge in [0.2, 0.25) is 0 Å². The fourth-order valence-electron chi connectivity index (χ4n) is 2.20. The number of aromatic nitrogens is 1. The van der Waals surface area contributed by atoms with Crippen LogP contribution in [0, 0.1) is 0 Å². The van der Waals surface area contributed by atoms with Gasteiger partial charge in [-0.3, -0.25) is 0 Å². The van der Waals surface area contributed by atoms with E-state index < -0.39 is 5.97 Å². The van der Waals surface area contributed by atoms with E-state index in [1.807, 2.05) is 41.1 Å². The number of aromatic carboxylic acids is 1. The smallest absolute Gasteiger partial charge is 0.335 e. The quantitative estimate of drug-likeness (QED) is 0.689. The maximum absolute atomic E-state index is 10.9. The fraction of sp³-hybridized carbons (Fsp3) is 0. The highest BCUT2D eigenvalue weighted by atomic mass is 16.4. The van der Waals surface area contributed by atoms with E-state index in [-0.39, 0.29) is 5.56 Å². The molecule has 0 spiro atoms. The lowest BCUT2D eigenvalue weighted by atomic mass is 10.1. The van der Waals surface area contributed by atoms with Crippen molar-refractivity contribution < 1.29 is 9.90 Å². The molecule has 0 unspecified atom stereocenters. The minimum absolute atomic E-state index is 0.192. The van der Waals surface area contributed by atoms with Crippen molar-refractivity contribution in [1.82, 2.24) is 4.57 Å². The monoisotopic (exact) mass is 252 g/mol. The van der Waals surface area contributed by atoms with Gasteiger partial charge in [-0.2, -0.15) is 0 Å². The predicted molar refractivity (Wildman–Crippen MR) is 74.6 cm³/mol. The summed E-state index contributed by atoms with van der Waals surface area (Å²) < 4.78 is 1.95. The number of carboxylic acid groups (broad SMARTS) is 1. The molecule has 0 amide bonds. The number of anilines is 1. The SMILES string of the molecule is Nc1cc(C(=O)O)ccc1-n1ccc2ccccc21. The maximum Gasteiger partial charge on any atom is 0.335 e. The summed E-state index contributed by atoms with van der Waals surface area (Å²) in [4.78, 5) is 10.9. The number of nitrogen functional groups attached to an aromatic ring is 1. The van der Waals surface area contributed by atoms with Crippen LogP contribution in [0.25, 0.3) is 16.6 Å². The van der Waals surface area contributed by atoms with Gasteiger partial charge >= 0.3 is 5.97 Å². The molecule has 3 aromatic rings. The Kier molecular flexibility index (Phi) is 2.49. The molecule has 3 N–H and O–H groups in total. The van der Waals surface area contributed by atoms with Crippen molar-refractivity contribution in [2.45, 2.75) is 0 Å². The van der Waals surface area contributed by atoms with E-state index in [2.05, 4.69) is 0 Å². The highest BCUT2D eigenvalue weighted by Crippen LogP contribution is 2.25. The number of nitrogens with two attached hydrogens (primary N) is 1. The van der Waals surface area contributed by atoms with Crippen molar-refractivity contribution >= 4 is 22.6 Å². The van der Waals surface area contributed by atoms with E-state index >= 15 is 0 Å². The first-order valence-corrected chi connectivity index (χ1v) is 5.86. The molecule has 1 aromatic heterocycles. The summed E-state index contributed by atoms with van der Waals surface area (Å²) in [6.07, 6.45) is 1.93. The van der Waals surface area contributed by atoms with Crippen molar-refractivity contribution in [1.29, 1.82) is 0 Å². The van der Waals surface area contributed by atoms with E-state index in [4.69, 9.17) is 10.8 Å². The van der Waals surface area contributed by atoms with E-state index in [9.17, 15) is 4.79 Å². The zero-order chi connectivity index (χ0) is 13.4. The summed E-state index contributed by atoms with van der Waals surface area (Å²) in [6.45, 7) is 0. The van der Waals surface area contributed by atoms with E-state index in [0.717, 1.165) is 16.6 Å². The molecule has 1 heterocycles. The number of nitrogens with zero attached hydrogens (tertiary/aromatic N) is 1. The molecule has 2 aromatic carbocycles. The number of para-hydroxylation sites is 1. The first-order valence-electron chi connectivity index (χ1n) is 5.86. The number of fused-ring (bicyclic) bond motifs is 1. The van der Waals surface area contributed by atoms with Crippen molar-refractivity contribution in [3.63, 3.8) is 0 Å². The molecule has 0 bridgehead atoms. The third-order valence-electron chi connectivity index (χ3n) is 3.13. The second-order valence-electron chi connectivity index (χ2n) is 4.32. The Hall–Kier alpha value is -2.75. The molecule has 0 atom stereocenters. The van der Waals surface area contributed by atoms with Crippen molar-refractivity contribution in [3.8, 4) is 5.69 Å². The normalized spacial score (nSPS) is 10.7. The van der Waals surface area contributed by atoms with Gasteiger partial charge in [-0.05, 0) is 35.7 Å². The summed E-state index contributed by atoms with van der Waals surface area (Å²) in [5.41, 5.74) is 8.42. The van der Waals surface area contributed by atoms with Crippen LogP contribution in [-0.4, -0.2) is 15.6 Å². The van der Waals surface area contributed by atoms with Gasteiger partial charge in [0.15, 0.2) is 0 Å². The zero-order valence-electron chi connectivity index (χ0n) is 10.1. The van der Waals surface area contributed by atoms with Crippen LogP contribution in [0.3, 0.4) is 0 Å². The minimum Gasteiger partial charge on any atom is -0.478 e. The number of rotatable bonds is 2. The third-order valence-corrected chi connectivity index (χ3v) is 3.13. The van der Waals surface area contributed by atoms with Gasteiger partial charge in [0.25, 0.3) is 0 Å². The Labute approximate surface area is 109 Å². The van der Waals surface area contributed by atoms with Gasteiger partial charge in [0.1, 0.15) is 0 Å². The number of carboxylic acids is 1. The van der Waals surface area contributed by atoms with Crippen LogP contribution < -0.4 is 5.73 Å². The maximum atomic E-state index is 10.9. The predicted octanol–water partition coefficient (Wildman–Crippen LogP) is 2.91. The standard InChI is InChI=1S/C15H12N2O2/c16-12-9-11(15(18)19)5-6-14(12)17-8-7-10-3-1-2-4-13(10)17/h1-9H,16H2,(H,18,19). The molecule has 4 heteroatoms. The Balaban J connectivity index is 2.19. The Morgan fingerprint density at radius 2 is 1.89 bits per heavy atom. The highest BCUT2D eigenvalue weighted by molar-refractivity contribution is 5.90. The Morgan fingerprint density at radius 3 is 2.63 bits per heavy atom. The lowest BCUT2D eigenvalue weighted by molar-refractivity contribution is 0.0697. The molecule has 0 fully saturated rings. The van der Waals surface area contributed by atoms with Crippen LogP contribution in [0.4, 0.5) is 5.69 Å². The van der Waals surface area contributed by atoms with Crippen LogP contribution in [0.2, 0.25) is 0 Å². The van der Waals surface area contributed by atoms with E-state index in [1.54, 1.807) is 12.1 Å². The summed E-state index contributed by atoms with van der Waals surface area (Å²) in [5, 5.41) is 10.1. The van der Waals surface area contributed by atoms with Gasteiger partial charge < -0.3 is 15.4 Å². The van der Waals surface area contributed by atoms with Crippen LogP contribution in [0.5, 0.6) is 0 Å². The number of carbonyl (C=O) groups is 1. The molecule has 0 aliphatic heterocycles. The summed E-state index contributed by atoms with van der Waals surface area (Å²) in [7, 11) is 0. The van der Waals surface area contributed by atoms with Crippen molar-refractivity contribution in [2.24, 2.45) is 0 Å². The molecule has 3 rings (SSSR count). The summed E-state index contributed by atoms with van der Waals surface area (Å²) >= 11 is 0. The highest BCUT2D eigenvalue weighted by Gasteiger charge is 2.09. The van der Waals surface area contributed by atoms with Gasteiger partial charge in [0.05, 0.1) is 22.5 Å². The van der Waals surface area contributed by atoms with E-state index in [0.29, 0.717) is 5.69 Å². The van der Waals surface area contributed by atoms with Crippen molar-refractivity contribution in [2.75, 3.05) is 5.73 Å². The van der Waals surface area contributed by atoms with Crippen LogP contribution >= 0.6 is 0 Å². The zero-order valence-corrected chi connectivity index (χ0v) is 10.1.